The van der Waals surface area contributed by atoms with Crippen molar-refractivity contribution in [3.05, 3.63) is 62.6 Å². The zero-order valence-electron chi connectivity index (χ0n) is 25.0. The van der Waals surface area contributed by atoms with Gasteiger partial charge in [-0.15, -0.1) is 0 Å². The van der Waals surface area contributed by atoms with Crippen LogP contribution in [-0.2, 0) is 16.0 Å². The summed E-state index contributed by atoms with van der Waals surface area (Å²) < 4.78 is 11.8. The molecule has 2 aliphatic rings. The van der Waals surface area contributed by atoms with Gasteiger partial charge < -0.3 is 14.4 Å². The summed E-state index contributed by atoms with van der Waals surface area (Å²) >= 11 is 18.9. The number of carbonyl (C=O) groups excluding carboxylic acids is 2. The number of nitrogens with zero attached hydrogens (tertiary/aromatic N) is 3. The smallest absolute Gasteiger partial charge is 0.410 e. The summed E-state index contributed by atoms with van der Waals surface area (Å²) in [5, 5.41) is 1.61. The number of likely N-dealkylation sites (N-methyl/N-ethyl adjacent to an activating group) is 1. The molecule has 0 aromatic heterocycles. The Morgan fingerprint density at radius 3 is 2.26 bits per heavy atom. The first-order chi connectivity index (χ1) is 19.9. The Hall–Kier alpha value is -2.19. The first-order valence-corrected chi connectivity index (χ1v) is 15.9. The van der Waals surface area contributed by atoms with Gasteiger partial charge in [0, 0.05) is 48.2 Å². The molecule has 0 unspecified atom stereocenters. The lowest BCUT2D eigenvalue weighted by atomic mass is 9.88. The predicted octanol–water partition coefficient (Wildman–Crippen LogP) is 7.31. The molecule has 2 heterocycles. The second-order valence-corrected chi connectivity index (χ2v) is 13.5. The molecule has 2 amide bonds. The van der Waals surface area contributed by atoms with Crippen LogP contribution in [0.3, 0.4) is 0 Å². The number of benzene rings is 2. The van der Waals surface area contributed by atoms with Crippen LogP contribution in [0.5, 0.6) is 5.75 Å². The van der Waals surface area contributed by atoms with Gasteiger partial charge in [-0.05, 0) is 101 Å². The number of amides is 2. The lowest BCUT2D eigenvalue weighted by Crippen LogP contribution is -2.53. The molecule has 1 atom stereocenters. The summed E-state index contributed by atoms with van der Waals surface area (Å²) in [6, 6.07) is 10.3. The number of likely N-dealkylation sites (tertiary alicyclic amines) is 2. The molecule has 2 aromatic carbocycles. The third kappa shape index (κ3) is 8.91. The highest BCUT2D eigenvalue weighted by atomic mass is 35.5. The number of carbonyl (C=O) groups is 2. The van der Waals surface area contributed by atoms with Crippen molar-refractivity contribution in [2.75, 3.05) is 46.4 Å². The first-order valence-electron chi connectivity index (χ1n) is 14.7. The van der Waals surface area contributed by atoms with Crippen LogP contribution in [-0.4, -0.2) is 84.7 Å². The zero-order chi connectivity index (χ0) is 30.4. The molecule has 2 saturated heterocycles. The molecule has 0 N–H and O–H groups in total. The Morgan fingerprint density at radius 1 is 0.976 bits per heavy atom. The molecule has 42 heavy (non-hydrogen) atoms. The largest absolute Gasteiger partial charge is 0.492 e. The van der Waals surface area contributed by atoms with Gasteiger partial charge in [-0.25, -0.2) is 4.79 Å². The van der Waals surface area contributed by atoms with Crippen molar-refractivity contribution in [3.8, 4) is 5.75 Å². The lowest BCUT2D eigenvalue weighted by molar-refractivity contribution is -0.137. The number of rotatable bonds is 9. The maximum absolute atomic E-state index is 14.0. The SMILES string of the molecule is CN(C(=O)OC(C)(C)C)[C@H](Cc1ccc(Cl)cc1Cl)C(=O)N1CCC(c2ccc(Cl)cc2OCCN2CCCC2)CC1. The van der Waals surface area contributed by atoms with E-state index in [1.165, 1.54) is 17.7 Å². The minimum atomic E-state index is -0.782. The number of ether oxygens (including phenoxy) is 2. The molecule has 0 bridgehead atoms. The topological polar surface area (TPSA) is 62.3 Å². The van der Waals surface area contributed by atoms with Gasteiger partial charge in [0.2, 0.25) is 5.91 Å². The van der Waals surface area contributed by atoms with Gasteiger partial charge in [-0.3, -0.25) is 14.6 Å². The van der Waals surface area contributed by atoms with Crippen molar-refractivity contribution in [1.82, 2.24) is 14.7 Å². The van der Waals surface area contributed by atoms with Crippen LogP contribution in [0, 0.1) is 0 Å². The molecule has 0 radical (unpaired) electrons. The fourth-order valence-electron chi connectivity index (χ4n) is 5.63. The number of piperidine rings is 1. The molecule has 2 aliphatic heterocycles. The zero-order valence-corrected chi connectivity index (χ0v) is 27.3. The Morgan fingerprint density at radius 2 is 1.62 bits per heavy atom. The molecule has 2 aromatic rings. The third-order valence-electron chi connectivity index (χ3n) is 7.95. The Bertz CT molecular complexity index is 1240. The van der Waals surface area contributed by atoms with E-state index in [4.69, 9.17) is 44.3 Å². The van der Waals surface area contributed by atoms with E-state index >= 15 is 0 Å². The molecule has 7 nitrogen and oxygen atoms in total. The number of halogens is 3. The summed E-state index contributed by atoms with van der Waals surface area (Å²) in [6.07, 6.45) is 3.75. The fourth-order valence-corrected chi connectivity index (χ4v) is 6.28. The molecule has 4 rings (SSSR count). The van der Waals surface area contributed by atoms with E-state index in [1.54, 1.807) is 46.0 Å². The number of hydrogen-bond donors (Lipinski definition) is 0. The normalized spacial score (nSPS) is 17.3. The monoisotopic (exact) mass is 637 g/mol. The van der Waals surface area contributed by atoms with Gasteiger partial charge in [-0.1, -0.05) is 46.9 Å². The average molecular weight is 639 g/mol. The van der Waals surface area contributed by atoms with E-state index in [9.17, 15) is 9.59 Å². The van der Waals surface area contributed by atoms with E-state index < -0.39 is 17.7 Å². The molecule has 230 valence electrons. The van der Waals surface area contributed by atoms with Gasteiger partial charge in [0.1, 0.15) is 24.0 Å². The van der Waals surface area contributed by atoms with Crippen LogP contribution < -0.4 is 4.74 Å². The molecular formula is C32H42Cl3N3O4. The first kappa shape index (κ1) is 32.7. The highest BCUT2D eigenvalue weighted by Gasteiger charge is 2.36. The van der Waals surface area contributed by atoms with Crippen molar-refractivity contribution in [3.63, 3.8) is 0 Å². The van der Waals surface area contributed by atoms with Crippen LogP contribution in [0.4, 0.5) is 4.79 Å². The molecular weight excluding hydrogens is 597 g/mol. The quantitative estimate of drug-likeness (QED) is 0.288. The Labute approximate surface area is 265 Å². The fraction of sp³-hybridized carbons (Fsp3) is 0.562. The van der Waals surface area contributed by atoms with Crippen LogP contribution in [0.25, 0.3) is 0 Å². The predicted molar refractivity (Wildman–Crippen MR) is 169 cm³/mol. The molecule has 2 fully saturated rings. The molecule has 0 aliphatic carbocycles. The summed E-state index contributed by atoms with van der Waals surface area (Å²) in [4.78, 5) is 32.7. The van der Waals surface area contributed by atoms with Crippen molar-refractivity contribution in [1.29, 1.82) is 0 Å². The van der Waals surface area contributed by atoms with E-state index in [0.29, 0.717) is 34.8 Å². The third-order valence-corrected chi connectivity index (χ3v) is 8.77. The van der Waals surface area contributed by atoms with Gasteiger partial charge in [0.15, 0.2) is 0 Å². The second kappa shape index (κ2) is 14.5. The van der Waals surface area contributed by atoms with Gasteiger partial charge in [0.05, 0.1) is 0 Å². The van der Waals surface area contributed by atoms with E-state index in [2.05, 4.69) is 11.0 Å². The lowest BCUT2D eigenvalue weighted by Gasteiger charge is -2.37. The minimum absolute atomic E-state index is 0.133. The van der Waals surface area contributed by atoms with Crippen molar-refractivity contribution < 1.29 is 19.1 Å². The van der Waals surface area contributed by atoms with Crippen molar-refractivity contribution in [2.24, 2.45) is 0 Å². The van der Waals surface area contributed by atoms with Crippen molar-refractivity contribution >= 4 is 46.8 Å². The van der Waals surface area contributed by atoms with E-state index in [0.717, 1.165) is 49.4 Å². The Kier molecular flexibility index (Phi) is 11.3. The highest BCUT2D eigenvalue weighted by molar-refractivity contribution is 6.35. The summed E-state index contributed by atoms with van der Waals surface area (Å²) in [5.41, 5.74) is 1.17. The minimum Gasteiger partial charge on any atom is -0.492 e. The number of hydrogen-bond acceptors (Lipinski definition) is 5. The summed E-state index contributed by atoms with van der Waals surface area (Å²) in [6.45, 7) is 10.3. The van der Waals surface area contributed by atoms with Gasteiger partial charge in [-0.2, -0.15) is 0 Å². The molecule has 0 spiro atoms. The van der Waals surface area contributed by atoms with Crippen LogP contribution >= 0.6 is 34.8 Å². The Balaban J connectivity index is 1.45. The summed E-state index contributed by atoms with van der Waals surface area (Å²) in [7, 11) is 1.60. The molecule has 0 saturated carbocycles. The molecule has 10 heteroatoms. The maximum atomic E-state index is 14.0. The standard InChI is InChI=1S/C32H42Cl3N3O4/c1-32(2,3)42-31(40)36(4)28(19-23-7-8-24(33)20-27(23)35)30(39)38-15-11-22(12-16-38)26-10-9-25(34)21-29(26)41-18-17-37-13-5-6-14-37/h7-10,20-22,28H,5-6,11-19H2,1-4H3/t28-/m1/s1. The van der Waals surface area contributed by atoms with Crippen LogP contribution in [0.2, 0.25) is 15.1 Å². The second-order valence-electron chi connectivity index (χ2n) is 12.2. The summed E-state index contributed by atoms with van der Waals surface area (Å²) in [5.74, 6) is 0.929. The van der Waals surface area contributed by atoms with Crippen LogP contribution in [0.1, 0.15) is 63.5 Å². The van der Waals surface area contributed by atoms with E-state index in [1.807, 2.05) is 17.0 Å². The van der Waals surface area contributed by atoms with E-state index in [-0.39, 0.29) is 18.2 Å². The van der Waals surface area contributed by atoms with Crippen molar-refractivity contribution in [2.45, 2.75) is 70.4 Å². The van der Waals surface area contributed by atoms with Gasteiger partial charge >= 0.3 is 6.09 Å². The maximum Gasteiger partial charge on any atom is 0.410 e. The van der Waals surface area contributed by atoms with Gasteiger partial charge in [0.25, 0.3) is 0 Å². The average Bonchev–Trinajstić information content (AvgIpc) is 3.45. The highest BCUT2D eigenvalue weighted by Crippen LogP contribution is 2.36. The van der Waals surface area contributed by atoms with Crippen LogP contribution in [0.15, 0.2) is 36.4 Å².